The van der Waals surface area contributed by atoms with Gasteiger partial charge in [0.15, 0.2) is 0 Å². The lowest BCUT2D eigenvalue weighted by atomic mass is 9.72. The molecule has 0 aromatic carbocycles. The number of aliphatic imine (C=N–C) groups is 1. The molecule has 1 amide bonds. The molecule has 3 heterocycles. The molecular formula is C23H25BrN2O2S2. The predicted octanol–water partition coefficient (Wildman–Crippen LogP) is 7.00. The van der Waals surface area contributed by atoms with E-state index in [1.54, 1.807) is 28.9 Å². The van der Waals surface area contributed by atoms with E-state index in [0.29, 0.717) is 12.5 Å². The molecule has 158 valence electrons. The number of hydrogen-bond acceptors (Lipinski definition) is 5. The number of thiophene rings is 2. The van der Waals surface area contributed by atoms with Crippen molar-refractivity contribution in [2.24, 2.45) is 16.3 Å². The number of hydrogen-bond donors (Lipinski definition) is 1. The van der Waals surface area contributed by atoms with E-state index in [1.807, 2.05) is 30.5 Å². The van der Waals surface area contributed by atoms with Crippen molar-refractivity contribution in [3.63, 3.8) is 0 Å². The molecule has 0 bridgehead atoms. The predicted molar refractivity (Wildman–Crippen MR) is 128 cm³/mol. The number of amides is 1. The van der Waals surface area contributed by atoms with Gasteiger partial charge >= 0.3 is 0 Å². The zero-order chi connectivity index (χ0) is 21.3. The largest absolute Gasteiger partial charge is 0.467 e. The Bertz CT molecular complexity index is 1060. The topological polar surface area (TPSA) is 54.6 Å². The van der Waals surface area contributed by atoms with Crippen molar-refractivity contribution in [2.75, 3.05) is 0 Å². The summed E-state index contributed by atoms with van der Waals surface area (Å²) >= 11 is 6.79. The second-order valence-electron chi connectivity index (χ2n) is 8.65. The van der Waals surface area contributed by atoms with Crippen molar-refractivity contribution in [1.29, 1.82) is 0 Å². The second-order valence-corrected chi connectivity index (χ2v) is 12.2. The maximum Gasteiger partial charge on any atom is 0.255 e. The Kier molecular flexibility index (Phi) is 6.32. The van der Waals surface area contributed by atoms with E-state index in [0.717, 1.165) is 44.3 Å². The first-order valence-corrected chi connectivity index (χ1v) is 12.5. The molecule has 3 aromatic rings. The van der Waals surface area contributed by atoms with Gasteiger partial charge in [-0.1, -0.05) is 20.8 Å². The highest BCUT2D eigenvalue weighted by molar-refractivity contribution is 9.11. The molecule has 4 nitrogen and oxygen atoms in total. The number of nitrogens with one attached hydrogen (secondary N) is 1. The quantitative estimate of drug-likeness (QED) is 0.380. The van der Waals surface area contributed by atoms with Crippen LogP contribution in [0.5, 0.6) is 0 Å². The van der Waals surface area contributed by atoms with Gasteiger partial charge in [-0.3, -0.25) is 4.79 Å². The smallest absolute Gasteiger partial charge is 0.255 e. The molecule has 1 atom stereocenters. The summed E-state index contributed by atoms with van der Waals surface area (Å²) in [6.07, 6.45) is 6.53. The van der Waals surface area contributed by atoms with Crippen LogP contribution in [0.3, 0.4) is 0 Å². The Hall–Kier alpha value is -1.70. The molecule has 0 spiro atoms. The summed E-state index contributed by atoms with van der Waals surface area (Å²) in [4.78, 5) is 20.3. The van der Waals surface area contributed by atoms with E-state index in [4.69, 9.17) is 9.41 Å². The Morgan fingerprint density at radius 1 is 1.33 bits per heavy atom. The normalized spacial score (nSPS) is 16.7. The molecule has 4 rings (SSSR count). The summed E-state index contributed by atoms with van der Waals surface area (Å²) in [5.74, 6) is 1.29. The molecule has 0 saturated heterocycles. The third-order valence-corrected chi connectivity index (χ3v) is 8.33. The number of carbonyl (C=O) groups is 1. The van der Waals surface area contributed by atoms with E-state index < -0.39 is 0 Å². The van der Waals surface area contributed by atoms with Crippen LogP contribution >= 0.6 is 38.6 Å². The van der Waals surface area contributed by atoms with Crippen LogP contribution in [0.1, 0.15) is 58.6 Å². The van der Waals surface area contributed by atoms with Crippen molar-refractivity contribution in [3.05, 3.63) is 61.0 Å². The summed E-state index contributed by atoms with van der Waals surface area (Å²) in [5, 5.41) is 3.82. The zero-order valence-electron chi connectivity index (χ0n) is 17.3. The SMILES string of the molecule is CC(C)(C)[C@H]1CCc2c(sc(N=Cc3ccc(Br)s3)c2C(=O)NCc2ccco2)C1. The van der Waals surface area contributed by atoms with E-state index in [1.165, 1.54) is 10.4 Å². The fraction of sp³-hybridized carbons (Fsp3) is 0.391. The molecule has 0 unspecified atom stereocenters. The van der Waals surface area contributed by atoms with Gasteiger partial charge in [0.2, 0.25) is 0 Å². The minimum absolute atomic E-state index is 0.0716. The summed E-state index contributed by atoms with van der Waals surface area (Å²) in [6, 6.07) is 7.73. The van der Waals surface area contributed by atoms with Crippen LogP contribution in [0.25, 0.3) is 0 Å². The van der Waals surface area contributed by atoms with Crippen molar-refractivity contribution in [1.82, 2.24) is 5.32 Å². The fourth-order valence-corrected chi connectivity index (χ4v) is 6.39. The van der Waals surface area contributed by atoms with E-state index in [-0.39, 0.29) is 11.3 Å². The van der Waals surface area contributed by atoms with Crippen LogP contribution < -0.4 is 5.32 Å². The Morgan fingerprint density at radius 3 is 2.83 bits per heavy atom. The maximum absolute atomic E-state index is 13.2. The van der Waals surface area contributed by atoms with Crippen molar-refractivity contribution >= 4 is 55.7 Å². The number of furan rings is 1. The number of carbonyl (C=O) groups excluding carboxylic acids is 1. The van der Waals surface area contributed by atoms with Crippen molar-refractivity contribution < 1.29 is 9.21 Å². The molecule has 0 radical (unpaired) electrons. The Balaban J connectivity index is 1.64. The van der Waals surface area contributed by atoms with Gasteiger partial charge in [-0.15, -0.1) is 22.7 Å². The molecule has 7 heteroatoms. The first kappa shape index (κ1) is 21.5. The number of halogens is 1. The fourth-order valence-electron chi connectivity index (χ4n) is 3.82. The van der Waals surface area contributed by atoms with Gasteiger partial charge in [-0.25, -0.2) is 4.99 Å². The van der Waals surface area contributed by atoms with Crippen molar-refractivity contribution in [3.8, 4) is 0 Å². The first-order valence-electron chi connectivity index (χ1n) is 10.1. The summed E-state index contributed by atoms with van der Waals surface area (Å²) in [7, 11) is 0. The molecule has 0 saturated carbocycles. The standard InChI is InChI=1S/C23H25BrN2O2S2/c1-23(2,3)14-6-8-17-18(11-14)30-22(26-13-16-7-9-19(24)29-16)20(17)21(27)25-12-15-5-4-10-28-15/h4-5,7,9-10,13-14H,6,8,11-12H2,1-3H3,(H,25,27)/t14-/m0/s1. The highest BCUT2D eigenvalue weighted by Gasteiger charge is 2.33. The molecule has 0 aliphatic heterocycles. The lowest BCUT2D eigenvalue weighted by Gasteiger charge is -2.33. The van der Waals surface area contributed by atoms with Crippen LogP contribution in [0, 0.1) is 11.3 Å². The van der Waals surface area contributed by atoms with Gasteiger partial charge in [0.1, 0.15) is 10.8 Å². The third-order valence-electron chi connectivity index (χ3n) is 5.60. The minimum atomic E-state index is -0.0716. The van der Waals surface area contributed by atoms with E-state index >= 15 is 0 Å². The van der Waals surface area contributed by atoms with Gasteiger partial charge in [0.25, 0.3) is 5.91 Å². The Morgan fingerprint density at radius 2 is 2.17 bits per heavy atom. The van der Waals surface area contributed by atoms with Crippen molar-refractivity contribution in [2.45, 2.75) is 46.6 Å². The first-order chi connectivity index (χ1) is 14.3. The van der Waals surface area contributed by atoms with Crippen LogP contribution in [-0.2, 0) is 19.4 Å². The molecule has 1 aliphatic rings. The second kappa shape index (κ2) is 8.81. The van der Waals surface area contributed by atoms with Gasteiger partial charge < -0.3 is 9.73 Å². The van der Waals surface area contributed by atoms with E-state index in [2.05, 4.69) is 42.0 Å². The molecular weight excluding hydrogens is 480 g/mol. The van der Waals surface area contributed by atoms with Crippen LogP contribution in [0.15, 0.2) is 43.7 Å². The number of nitrogens with zero attached hydrogens (tertiary/aromatic N) is 1. The van der Waals surface area contributed by atoms with E-state index in [9.17, 15) is 4.79 Å². The molecule has 1 N–H and O–H groups in total. The monoisotopic (exact) mass is 504 g/mol. The number of fused-ring (bicyclic) bond motifs is 1. The summed E-state index contributed by atoms with van der Waals surface area (Å²) in [6.45, 7) is 7.30. The molecule has 0 fully saturated rings. The molecule has 30 heavy (non-hydrogen) atoms. The van der Waals surface area contributed by atoms with Crippen LogP contribution in [-0.4, -0.2) is 12.1 Å². The summed E-state index contributed by atoms with van der Waals surface area (Å²) < 4.78 is 6.43. The minimum Gasteiger partial charge on any atom is -0.467 e. The maximum atomic E-state index is 13.2. The van der Waals surface area contributed by atoms with Gasteiger partial charge in [-0.2, -0.15) is 0 Å². The zero-order valence-corrected chi connectivity index (χ0v) is 20.5. The average Bonchev–Trinajstić information content (AvgIpc) is 3.42. The lowest BCUT2D eigenvalue weighted by Crippen LogP contribution is -2.28. The third kappa shape index (κ3) is 4.79. The van der Waals surface area contributed by atoms with Gasteiger partial charge in [0, 0.05) is 16.0 Å². The van der Waals surface area contributed by atoms with Crippen LogP contribution in [0.2, 0.25) is 0 Å². The number of rotatable bonds is 5. The summed E-state index contributed by atoms with van der Waals surface area (Å²) in [5.41, 5.74) is 2.17. The highest BCUT2D eigenvalue weighted by Crippen LogP contribution is 2.45. The lowest BCUT2D eigenvalue weighted by molar-refractivity contribution is 0.0947. The molecule has 3 aromatic heterocycles. The van der Waals surface area contributed by atoms with Gasteiger partial charge in [-0.05, 0) is 76.4 Å². The highest BCUT2D eigenvalue weighted by atomic mass is 79.9. The van der Waals surface area contributed by atoms with Gasteiger partial charge in [0.05, 0.1) is 22.2 Å². The average molecular weight is 506 g/mol. The van der Waals surface area contributed by atoms with Crippen LogP contribution in [0.4, 0.5) is 5.00 Å². The molecule has 1 aliphatic carbocycles. The Labute approximate surface area is 193 Å².